The fourth-order valence-corrected chi connectivity index (χ4v) is 1.89. The normalized spacial score (nSPS) is 25.0. The Hall–Kier alpha value is -0.830. The molecule has 2 rings (SSSR count). The number of nitrogens with zero attached hydrogens (tertiary/aromatic N) is 3. The predicted molar refractivity (Wildman–Crippen MR) is 48.1 cm³/mol. The van der Waals surface area contributed by atoms with Gasteiger partial charge in [-0.1, -0.05) is 0 Å². The van der Waals surface area contributed by atoms with Crippen LogP contribution in [0.1, 0.15) is 18.2 Å². The van der Waals surface area contributed by atoms with Crippen LogP contribution in [0.15, 0.2) is 12.5 Å². The average molecular weight is 165 g/mol. The molecule has 0 aliphatic carbocycles. The summed E-state index contributed by atoms with van der Waals surface area (Å²) in [7, 11) is 2.17. The van der Waals surface area contributed by atoms with Gasteiger partial charge in [-0.15, -0.1) is 0 Å². The minimum absolute atomic E-state index is 0.650. The van der Waals surface area contributed by atoms with Crippen LogP contribution >= 0.6 is 0 Å². The lowest BCUT2D eigenvalue weighted by atomic mass is 10.2. The minimum atomic E-state index is 0.650. The number of aromatic nitrogens is 2. The molecule has 1 unspecified atom stereocenters. The molecule has 0 amide bonds. The van der Waals surface area contributed by atoms with Gasteiger partial charge >= 0.3 is 0 Å². The van der Waals surface area contributed by atoms with E-state index in [-0.39, 0.29) is 0 Å². The van der Waals surface area contributed by atoms with Gasteiger partial charge in [-0.25, -0.2) is 4.98 Å². The molecule has 1 aliphatic rings. The standard InChI is InChI=1S/C9H15N3/c1-8-5-10-7-12(8)9-3-4-11(2)6-9/h5,7,9H,3-4,6H2,1-2H3. The van der Waals surface area contributed by atoms with Crippen molar-refractivity contribution < 1.29 is 0 Å². The molecule has 0 radical (unpaired) electrons. The van der Waals surface area contributed by atoms with Crippen LogP contribution in [0, 0.1) is 6.92 Å². The van der Waals surface area contributed by atoms with Gasteiger partial charge < -0.3 is 9.47 Å². The fraction of sp³-hybridized carbons (Fsp3) is 0.667. The zero-order valence-corrected chi connectivity index (χ0v) is 7.70. The molecule has 0 aromatic carbocycles. The van der Waals surface area contributed by atoms with E-state index in [4.69, 9.17) is 0 Å². The lowest BCUT2D eigenvalue weighted by Crippen LogP contribution is -2.16. The first-order chi connectivity index (χ1) is 5.77. The smallest absolute Gasteiger partial charge is 0.0951 e. The number of hydrogen-bond donors (Lipinski definition) is 0. The van der Waals surface area contributed by atoms with E-state index in [9.17, 15) is 0 Å². The summed E-state index contributed by atoms with van der Waals surface area (Å²) in [5.41, 5.74) is 1.27. The molecule has 0 bridgehead atoms. The van der Waals surface area contributed by atoms with Crippen molar-refractivity contribution in [2.75, 3.05) is 20.1 Å². The van der Waals surface area contributed by atoms with Crippen molar-refractivity contribution in [3.63, 3.8) is 0 Å². The van der Waals surface area contributed by atoms with Crippen molar-refractivity contribution in [2.24, 2.45) is 0 Å². The molecule has 3 heteroatoms. The summed E-state index contributed by atoms with van der Waals surface area (Å²) >= 11 is 0. The van der Waals surface area contributed by atoms with Crippen LogP contribution in [0.2, 0.25) is 0 Å². The van der Waals surface area contributed by atoms with E-state index in [0.717, 1.165) is 6.54 Å². The lowest BCUT2D eigenvalue weighted by Gasteiger charge is -2.13. The molecule has 66 valence electrons. The fourth-order valence-electron chi connectivity index (χ4n) is 1.89. The van der Waals surface area contributed by atoms with E-state index in [0.29, 0.717) is 6.04 Å². The third-order valence-corrected chi connectivity index (χ3v) is 2.62. The van der Waals surface area contributed by atoms with Gasteiger partial charge in [0.05, 0.1) is 6.33 Å². The molecule has 3 nitrogen and oxygen atoms in total. The van der Waals surface area contributed by atoms with Crippen molar-refractivity contribution in [2.45, 2.75) is 19.4 Å². The molecule has 2 heterocycles. The van der Waals surface area contributed by atoms with Crippen molar-refractivity contribution in [3.05, 3.63) is 18.2 Å². The monoisotopic (exact) mass is 165 g/mol. The summed E-state index contributed by atoms with van der Waals surface area (Å²) in [4.78, 5) is 6.50. The third-order valence-electron chi connectivity index (χ3n) is 2.62. The van der Waals surface area contributed by atoms with Gasteiger partial charge in [0.2, 0.25) is 0 Å². The Morgan fingerprint density at radius 3 is 2.92 bits per heavy atom. The van der Waals surface area contributed by atoms with E-state index < -0.39 is 0 Å². The summed E-state index contributed by atoms with van der Waals surface area (Å²) < 4.78 is 2.28. The predicted octanol–water partition coefficient (Wildman–Crippen LogP) is 1.07. The SMILES string of the molecule is Cc1cncn1C1CCN(C)C1. The van der Waals surface area contributed by atoms with Crippen LogP contribution in [-0.2, 0) is 0 Å². The Morgan fingerprint density at radius 2 is 2.42 bits per heavy atom. The molecule has 1 atom stereocenters. The van der Waals surface area contributed by atoms with Crippen molar-refractivity contribution in [1.82, 2.24) is 14.5 Å². The highest BCUT2D eigenvalue weighted by atomic mass is 15.2. The molecule has 1 fully saturated rings. The second kappa shape index (κ2) is 2.90. The largest absolute Gasteiger partial charge is 0.331 e. The van der Waals surface area contributed by atoms with Crippen LogP contribution < -0.4 is 0 Å². The summed E-state index contributed by atoms with van der Waals surface area (Å²) in [6, 6.07) is 0.650. The van der Waals surface area contributed by atoms with Crippen molar-refractivity contribution in [3.8, 4) is 0 Å². The molecule has 1 saturated heterocycles. The Balaban J connectivity index is 2.16. The summed E-state index contributed by atoms with van der Waals surface area (Å²) in [6.07, 6.45) is 5.13. The van der Waals surface area contributed by atoms with E-state index in [1.54, 1.807) is 0 Å². The van der Waals surface area contributed by atoms with E-state index in [2.05, 4.69) is 28.4 Å². The summed E-state index contributed by atoms with van der Waals surface area (Å²) in [5.74, 6) is 0. The van der Waals surface area contributed by atoms with Gasteiger partial charge in [-0.05, 0) is 26.9 Å². The van der Waals surface area contributed by atoms with E-state index in [1.807, 2.05) is 12.5 Å². The average Bonchev–Trinajstić information content (AvgIpc) is 2.58. The molecular formula is C9H15N3. The number of hydrogen-bond acceptors (Lipinski definition) is 2. The first-order valence-corrected chi connectivity index (χ1v) is 4.44. The van der Waals surface area contributed by atoms with Gasteiger partial charge in [0.25, 0.3) is 0 Å². The highest BCUT2D eigenvalue weighted by Gasteiger charge is 2.21. The highest BCUT2D eigenvalue weighted by molar-refractivity contribution is 4.98. The van der Waals surface area contributed by atoms with Crippen LogP contribution in [-0.4, -0.2) is 34.6 Å². The molecule has 0 saturated carbocycles. The van der Waals surface area contributed by atoms with Crippen LogP contribution in [0.4, 0.5) is 0 Å². The number of rotatable bonds is 1. The Bertz CT molecular complexity index is 266. The Labute approximate surface area is 73.0 Å². The maximum atomic E-state index is 4.14. The number of aryl methyl sites for hydroxylation is 1. The molecule has 0 spiro atoms. The molecular weight excluding hydrogens is 150 g/mol. The van der Waals surface area contributed by atoms with Crippen LogP contribution in [0.5, 0.6) is 0 Å². The molecule has 12 heavy (non-hydrogen) atoms. The molecule has 0 N–H and O–H groups in total. The second-order valence-electron chi connectivity index (χ2n) is 3.65. The lowest BCUT2D eigenvalue weighted by molar-refractivity contribution is 0.391. The number of likely N-dealkylation sites (tertiary alicyclic amines) is 1. The number of likely N-dealkylation sites (N-methyl/N-ethyl adjacent to an activating group) is 1. The first-order valence-electron chi connectivity index (χ1n) is 4.44. The van der Waals surface area contributed by atoms with Gasteiger partial charge in [-0.2, -0.15) is 0 Å². The maximum absolute atomic E-state index is 4.14. The maximum Gasteiger partial charge on any atom is 0.0951 e. The summed E-state index contributed by atoms with van der Waals surface area (Å²) in [6.45, 7) is 4.49. The topological polar surface area (TPSA) is 21.1 Å². The first kappa shape index (κ1) is 7.80. The third kappa shape index (κ3) is 1.25. The zero-order valence-electron chi connectivity index (χ0n) is 7.70. The quantitative estimate of drug-likeness (QED) is 0.620. The second-order valence-corrected chi connectivity index (χ2v) is 3.65. The zero-order chi connectivity index (χ0) is 8.55. The molecule has 1 aromatic rings. The van der Waals surface area contributed by atoms with Gasteiger partial charge in [0.1, 0.15) is 0 Å². The minimum Gasteiger partial charge on any atom is -0.331 e. The Morgan fingerprint density at radius 1 is 1.58 bits per heavy atom. The molecule has 1 aliphatic heterocycles. The van der Waals surface area contributed by atoms with Gasteiger partial charge in [-0.3, -0.25) is 0 Å². The number of imidazole rings is 1. The highest BCUT2D eigenvalue weighted by Crippen LogP contribution is 2.20. The molecule has 1 aromatic heterocycles. The van der Waals surface area contributed by atoms with E-state index >= 15 is 0 Å². The van der Waals surface area contributed by atoms with Crippen molar-refractivity contribution in [1.29, 1.82) is 0 Å². The van der Waals surface area contributed by atoms with Crippen LogP contribution in [0.3, 0.4) is 0 Å². The van der Waals surface area contributed by atoms with Gasteiger partial charge in [0, 0.05) is 24.5 Å². The van der Waals surface area contributed by atoms with Crippen molar-refractivity contribution >= 4 is 0 Å². The van der Waals surface area contributed by atoms with Gasteiger partial charge in [0.15, 0.2) is 0 Å². The summed E-state index contributed by atoms with van der Waals surface area (Å²) in [5, 5.41) is 0. The van der Waals surface area contributed by atoms with Crippen LogP contribution in [0.25, 0.3) is 0 Å². The van der Waals surface area contributed by atoms with E-state index in [1.165, 1.54) is 18.7 Å². The Kier molecular flexibility index (Phi) is 1.89.